The zero-order valence-electron chi connectivity index (χ0n) is 15.8. The first-order valence-corrected chi connectivity index (χ1v) is 9.62. The lowest BCUT2D eigenvalue weighted by molar-refractivity contribution is -0.151. The molecule has 0 saturated heterocycles. The van der Waals surface area contributed by atoms with E-state index in [2.05, 4.69) is 5.32 Å². The zero-order chi connectivity index (χ0) is 19.8. The Morgan fingerprint density at radius 1 is 1.04 bits per heavy atom. The van der Waals surface area contributed by atoms with Crippen molar-refractivity contribution in [2.45, 2.75) is 50.9 Å². The van der Waals surface area contributed by atoms with Gasteiger partial charge in [0, 0.05) is 12.1 Å². The molecule has 1 atom stereocenters. The molecule has 1 unspecified atom stereocenters. The predicted octanol–water partition coefficient (Wildman–Crippen LogP) is 3.59. The van der Waals surface area contributed by atoms with Crippen LogP contribution in [0.5, 0.6) is 0 Å². The lowest BCUT2D eigenvalue weighted by atomic mass is 10.1. The number of amides is 1. The summed E-state index contributed by atoms with van der Waals surface area (Å²) >= 11 is 0. The summed E-state index contributed by atoms with van der Waals surface area (Å²) in [4.78, 5) is 24.9. The Kier molecular flexibility index (Phi) is 6.89. The molecule has 6 heteroatoms. The molecule has 0 heterocycles. The largest absolute Gasteiger partial charge is 0.461 e. The SMILES string of the molecule is Nc1cccc(COC(=O)NC(Cc2ccccc2)C(=O)OC2CCCC2)c1. The lowest BCUT2D eigenvalue weighted by Crippen LogP contribution is -2.44. The normalized spacial score (nSPS) is 15.0. The van der Waals surface area contributed by atoms with Crippen LogP contribution in [-0.4, -0.2) is 24.2 Å². The molecule has 148 valence electrons. The molecule has 0 aliphatic heterocycles. The van der Waals surface area contributed by atoms with E-state index in [1.807, 2.05) is 36.4 Å². The second-order valence-corrected chi connectivity index (χ2v) is 7.05. The van der Waals surface area contributed by atoms with Gasteiger partial charge in [0.15, 0.2) is 0 Å². The molecule has 0 aromatic heterocycles. The van der Waals surface area contributed by atoms with Crippen molar-refractivity contribution in [3.05, 3.63) is 65.7 Å². The van der Waals surface area contributed by atoms with Crippen molar-refractivity contribution < 1.29 is 19.1 Å². The Morgan fingerprint density at radius 2 is 1.75 bits per heavy atom. The zero-order valence-corrected chi connectivity index (χ0v) is 15.8. The standard InChI is InChI=1S/C22H26N2O4/c23-18-10-6-9-17(13-18)15-27-22(26)24-20(14-16-7-2-1-3-8-16)21(25)28-19-11-4-5-12-19/h1-3,6-10,13,19-20H,4-5,11-12,14-15,23H2,(H,24,26). The third-order valence-corrected chi connectivity index (χ3v) is 4.77. The summed E-state index contributed by atoms with van der Waals surface area (Å²) in [5, 5.41) is 2.66. The molecule has 3 rings (SSSR count). The first-order chi connectivity index (χ1) is 13.6. The van der Waals surface area contributed by atoms with Crippen LogP contribution in [0.1, 0.15) is 36.8 Å². The molecule has 0 spiro atoms. The highest BCUT2D eigenvalue weighted by molar-refractivity contribution is 5.81. The second kappa shape index (κ2) is 9.78. The molecule has 0 bridgehead atoms. The van der Waals surface area contributed by atoms with E-state index in [-0.39, 0.29) is 12.7 Å². The fourth-order valence-corrected chi connectivity index (χ4v) is 3.31. The van der Waals surface area contributed by atoms with Crippen LogP contribution in [0.15, 0.2) is 54.6 Å². The van der Waals surface area contributed by atoms with E-state index < -0.39 is 18.1 Å². The van der Waals surface area contributed by atoms with Crippen LogP contribution in [0.3, 0.4) is 0 Å². The number of carbonyl (C=O) groups excluding carboxylic acids is 2. The molecule has 1 fully saturated rings. The minimum absolute atomic E-state index is 0.0594. The van der Waals surface area contributed by atoms with Gasteiger partial charge in [-0.3, -0.25) is 0 Å². The molecular formula is C22H26N2O4. The van der Waals surface area contributed by atoms with Crippen molar-refractivity contribution in [1.29, 1.82) is 0 Å². The fraction of sp³-hybridized carbons (Fsp3) is 0.364. The van der Waals surface area contributed by atoms with Gasteiger partial charge in [0.2, 0.25) is 0 Å². The Balaban J connectivity index is 1.59. The van der Waals surface area contributed by atoms with Crippen LogP contribution < -0.4 is 11.1 Å². The minimum Gasteiger partial charge on any atom is -0.461 e. The van der Waals surface area contributed by atoms with Gasteiger partial charge >= 0.3 is 12.1 Å². The Morgan fingerprint density at radius 3 is 2.46 bits per heavy atom. The van der Waals surface area contributed by atoms with Crippen molar-refractivity contribution in [3.63, 3.8) is 0 Å². The van der Waals surface area contributed by atoms with Crippen LogP contribution in [0, 0.1) is 0 Å². The summed E-state index contributed by atoms with van der Waals surface area (Å²) in [5.74, 6) is -0.420. The average Bonchev–Trinajstić information content (AvgIpc) is 3.20. The van der Waals surface area contributed by atoms with Crippen LogP contribution >= 0.6 is 0 Å². The highest BCUT2D eigenvalue weighted by atomic mass is 16.6. The number of nitrogen functional groups attached to an aromatic ring is 1. The number of nitrogens with two attached hydrogens (primary N) is 1. The summed E-state index contributed by atoms with van der Waals surface area (Å²) in [6.45, 7) is 0.0760. The van der Waals surface area contributed by atoms with Gasteiger partial charge in [0.25, 0.3) is 0 Å². The predicted molar refractivity (Wildman–Crippen MR) is 106 cm³/mol. The number of alkyl carbamates (subject to hydrolysis) is 1. The maximum Gasteiger partial charge on any atom is 0.408 e. The van der Waals surface area contributed by atoms with E-state index in [4.69, 9.17) is 15.2 Å². The van der Waals surface area contributed by atoms with Crippen LogP contribution in [0.2, 0.25) is 0 Å². The monoisotopic (exact) mass is 382 g/mol. The van der Waals surface area contributed by atoms with Crippen LogP contribution in [-0.2, 0) is 27.3 Å². The van der Waals surface area contributed by atoms with Gasteiger partial charge in [0.1, 0.15) is 18.8 Å². The molecule has 3 N–H and O–H groups in total. The highest BCUT2D eigenvalue weighted by Gasteiger charge is 2.27. The second-order valence-electron chi connectivity index (χ2n) is 7.05. The van der Waals surface area contributed by atoms with Gasteiger partial charge in [-0.15, -0.1) is 0 Å². The quantitative estimate of drug-likeness (QED) is 0.564. The van der Waals surface area contributed by atoms with Gasteiger partial charge < -0.3 is 20.5 Å². The van der Waals surface area contributed by atoms with E-state index in [0.717, 1.165) is 36.8 Å². The van der Waals surface area contributed by atoms with Gasteiger partial charge in [-0.1, -0.05) is 42.5 Å². The molecule has 6 nitrogen and oxygen atoms in total. The van der Waals surface area contributed by atoms with Gasteiger partial charge in [-0.25, -0.2) is 9.59 Å². The molecule has 2 aromatic rings. The Hall–Kier alpha value is -3.02. The molecule has 0 radical (unpaired) electrons. The number of anilines is 1. The van der Waals surface area contributed by atoms with Crippen LogP contribution in [0.25, 0.3) is 0 Å². The van der Waals surface area contributed by atoms with Crippen molar-refractivity contribution in [2.75, 3.05) is 5.73 Å². The molecule has 2 aromatic carbocycles. The van der Waals surface area contributed by atoms with Crippen molar-refractivity contribution >= 4 is 17.7 Å². The summed E-state index contributed by atoms with van der Waals surface area (Å²) in [6, 6.07) is 15.8. The maximum absolute atomic E-state index is 12.6. The van der Waals surface area contributed by atoms with Crippen molar-refractivity contribution in [3.8, 4) is 0 Å². The van der Waals surface area contributed by atoms with E-state index in [1.54, 1.807) is 18.2 Å². The van der Waals surface area contributed by atoms with E-state index in [0.29, 0.717) is 12.1 Å². The van der Waals surface area contributed by atoms with Crippen molar-refractivity contribution in [2.24, 2.45) is 0 Å². The maximum atomic E-state index is 12.6. The molecule has 1 amide bonds. The first-order valence-electron chi connectivity index (χ1n) is 9.62. The third kappa shape index (κ3) is 6.01. The molecule has 1 aliphatic rings. The smallest absolute Gasteiger partial charge is 0.408 e. The number of hydrogen-bond acceptors (Lipinski definition) is 5. The molecular weight excluding hydrogens is 356 g/mol. The van der Waals surface area contributed by atoms with Gasteiger partial charge in [-0.05, 0) is 48.9 Å². The first kappa shape index (κ1) is 19.7. The summed E-state index contributed by atoms with van der Waals surface area (Å²) in [7, 11) is 0. The Bertz CT molecular complexity index is 788. The van der Waals surface area contributed by atoms with Gasteiger partial charge in [0.05, 0.1) is 0 Å². The molecule has 1 aliphatic carbocycles. The Labute approximate surface area is 165 Å². The number of rotatable bonds is 7. The minimum atomic E-state index is -0.795. The lowest BCUT2D eigenvalue weighted by Gasteiger charge is -2.20. The summed E-state index contributed by atoms with van der Waals surface area (Å²) in [5.41, 5.74) is 8.05. The van der Waals surface area contributed by atoms with E-state index in [1.165, 1.54) is 0 Å². The summed E-state index contributed by atoms with van der Waals surface area (Å²) in [6.07, 6.45) is 3.52. The number of nitrogens with one attached hydrogen (secondary N) is 1. The number of carbonyl (C=O) groups is 2. The number of hydrogen-bond donors (Lipinski definition) is 2. The van der Waals surface area contributed by atoms with Gasteiger partial charge in [-0.2, -0.15) is 0 Å². The van der Waals surface area contributed by atoms with E-state index in [9.17, 15) is 9.59 Å². The summed E-state index contributed by atoms with van der Waals surface area (Å²) < 4.78 is 10.9. The highest BCUT2D eigenvalue weighted by Crippen LogP contribution is 2.21. The fourth-order valence-electron chi connectivity index (χ4n) is 3.31. The van der Waals surface area contributed by atoms with E-state index >= 15 is 0 Å². The van der Waals surface area contributed by atoms with Crippen molar-refractivity contribution in [1.82, 2.24) is 5.32 Å². The number of benzene rings is 2. The average molecular weight is 382 g/mol. The third-order valence-electron chi connectivity index (χ3n) is 4.77. The molecule has 1 saturated carbocycles. The number of ether oxygens (including phenoxy) is 2. The molecule has 28 heavy (non-hydrogen) atoms. The van der Waals surface area contributed by atoms with Crippen LogP contribution in [0.4, 0.5) is 10.5 Å². The number of esters is 1. The topological polar surface area (TPSA) is 90.6 Å².